The zero-order valence-electron chi connectivity index (χ0n) is 12.9. The molecule has 1 heterocycles. The van der Waals surface area contributed by atoms with E-state index in [9.17, 15) is 0 Å². The number of hydrogen-bond donors (Lipinski definition) is 1. The van der Waals surface area contributed by atoms with Gasteiger partial charge in [-0.2, -0.15) is 0 Å². The molecule has 0 aromatic heterocycles. The smallest absolute Gasteiger partial charge is 0.0239 e. The van der Waals surface area contributed by atoms with Gasteiger partial charge in [-0.15, -0.1) is 0 Å². The molecule has 0 spiro atoms. The van der Waals surface area contributed by atoms with Gasteiger partial charge in [0.15, 0.2) is 0 Å². The van der Waals surface area contributed by atoms with Crippen molar-refractivity contribution in [3.05, 3.63) is 35.4 Å². The first-order valence-electron chi connectivity index (χ1n) is 7.49. The Labute approximate surface area is 118 Å². The van der Waals surface area contributed by atoms with Crippen LogP contribution in [0.2, 0.25) is 0 Å². The maximum Gasteiger partial charge on any atom is 0.0239 e. The highest BCUT2D eigenvalue weighted by Crippen LogP contribution is 2.21. The Morgan fingerprint density at radius 2 is 2.00 bits per heavy atom. The van der Waals surface area contributed by atoms with Crippen LogP contribution in [0.3, 0.4) is 0 Å². The first-order chi connectivity index (χ1) is 8.96. The summed E-state index contributed by atoms with van der Waals surface area (Å²) in [5.74, 6) is 0. The predicted molar refractivity (Wildman–Crippen MR) is 82.4 cm³/mol. The van der Waals surface area contributed by atoms with E-state index in [1.165, 1.54) is 30.5 Å². The molecule has 0 bridgehead atoms. The number of nitrogens with one attached hydrogen (secondary N) is 1. The molecule has 0 saturated carbocycles. The van der Waals surface area contributed by atoms with Crippen molar-refractivity contribution in [2.24, 2.45) is 0 Å². The topological polar surface area (TPSA) is 15.3 Å². The van der Waals surface area contributed by atoms with Gasteiger partial charge in [0.05, 0.1) is 0 Å². The van der Waals surface area contributed by atoms with Crippen molar-refractivity contribution >= 4 is 0 Å². The Hall–Kier alpha value is -0.860. The van der Waals surface area contributed by atoms with E-state index in [1.807, 2.05) is 0 Å². The van der Waals surface area contributed by atoms with Crippen molar-refractivity contribution < 1.29 is 0 Å². The number of rotatable bonds is 4. The van der Waals surface area contributed by atoms with Crippen molar-refractivity contribution in [2.75, 3.05) is 13.1 Å². The SMILES string of the molecule is Cc1ccccc1CN1CCCC1CNC(C)(C)C. The van der Waals surface area contributed by atoms with E-state index in [-0.39, 0.29) is 5.54 Å². The third-order valence-corrected chi connectivity index (χ3v) is 4.00. The molecule has 1 atom stereocenters. The summed E-state index contributed by atoms with van der Waals surface area (Å²) < 4.78 is 0. The molecule has 19 heavy (non-hydrogen) atoms. The lowest BCUT2D eigenvalue weighted by Crippen LogP contribution is -2.45. The summed E-state index contributed by atoms with van der Waals surface area (Å²) in [6.07, 6.45) is 2.66. The molecule has 2 nitrogen and oxygen atoms in total. The molecule has 106 valence electrons. The molecule has 1 aliphatic heterocycles. The second-order valence-corrected chi connectivity index (χ2v) is 6.82. The monoisotopic (exact) mass is 260 g/mol. The average Bonchev–Trinajstić information content (AvgIpc) is 2.76. The van der Waals surface area contributed by atoms with Crippen molar-refractivity contribution in [1.82, 2.24) is 10.2 Å². The largest absolute Gasteiger partial charge is 0.311 e. The molecule has 2 rings (SSSR count). The summed E-state index contributed by atoms with van der Waals surface area (Å²) in [6.45, 7) is 12.4. The summed E-state index contributed by atoms with van der Waals surface area (Å²) in [5, 5.41) is 3.65. The van der Waals surface area contributed by atoms with Gasteiger partial charge in [0.1, 0.15) is 0 Å². The standard InChI is InChI=1S/C17H28N2/c1-14-8-5-6-9-15(14)13-19-11-7-10-16(19)12-18-17(2,3)4/h5-6,8-9,16,18H,7,10-13H2,1-4H3. The van der Waals surface area contributed by atoms with Crippen molar-refractivity contribution in [3.8, 4) is 0 Å². The van der Waals surface area contributed by atoms with Crippen molar-refractivity contribution in [3.63, 3.8) is 0 Å². The van der Waals surface area contributed by atoms with E-state index in [2.05, 4.69) is 62.2 Å². The van der Waals surface area contributed by atoms with Gasteiger partial charge in [-0.3, -0.25) is 4.90 Å². The van der Waals surface area contributed by atoms with Crippen LogP contribution in [0.15, 0.2) is 24.3 Å². The van der Waals surface area contributed by atoms with Crippen LogP contribution in [-0.4, -0.2) is 29.6 Å². The highest BCUT2D eigenvalue weighted by molar-refractivity contribution is 5.25. The fourth-order valence-corrected chi connectivity index (χ4v) is 2.76. The molecule has 1 saturated heterocycles. The van der Waals surface area contributed by atoms with E-state index in [4.69, 9.17) is 0 Å². The zero-order valence-corrected chi connectivity index (χ0v) is 12.9. The predicted octanol–water partition coefficient (Wildman–Crippen LogP) is 3.35. The molecule has 0 amide bonds. The van der Waals surface area contributed by atoms with Gasteiger partial charge in [0, 0.05) is 24.7 Å². The van der Waals surface area contributed by atoms with E-state index >= 15 is 0 Å². The van der Waals surface area contributed by atoms with Gasteiger partial charge in [0.25, 0.3) is 0 Å². The molecular weight excluding hydrogens is 232 g/mol. The normalized spacial score (nSPS) is 20.9. The van der Waals surface area contributed by atoms with Gasteiger partial charge in [0.2, 0.25) is 0 Å². The summed E-state index contributed by atoms with van der Waals surface area (Å²) >= 11 is 0. The van der Waals surface area contributed by atoms with Crippen LogP contribution >= 0.6 is 0 Å². The third kappa shape index (κ3) is 4.32. The Morgan fingerprint density at radius 1 is 1.26 bits per heavy atom. The summed E-state index contributed by atoms with van der Waals surface area (Å²) in [4.78, 5) is 2.64. The number of likely N-dealkylation sites (tertiary alicyclic amines) is 1. The quantitative estimate of drug-likeness (QED) is 0.893. The van der Waals surface area contributed by atoms with Crippen LogP contribution in [0.1, 0.15) is 44.7 Å². The molecule has 1 aromatic rings. The van der Waals surface area contributed by atoms with Gasteiger partial charge in [-0.05, 0) is 58.2 Å². The van der Waals surface area contributed by atoms with E-state index in [1.54, 1.807) is 0 Å². The van der Waals surface area contributed by atoms with Gasteiger partial charge < -0.3 is 5.32 Å². The second kappa shape index (κ2) is 6.06. The Bertz CT molecular complexity index is 406. The highest BCUT2D eigenvalue weighted by atomic mass is 15.2. The minimum Gasteiger partial charge on any atom is -0.311 e. The lowest BCUT2D eigenvalue weighted by Gasteiger charge is -2.29. The molecule has 1 aliphatic rings. The summed E-state index contributed by atoms with van der Waals surface area (Å²) in [7, 11) is 0. The van der Waals surface area contributed by atoms with Crippen LogP contribution in [0, 0.1) is 6.92 Å². The van der Waals surface area contributed by atoms with E-state index in [0.29, 0.717) is 6.04 Å². The van der Waals surface area contributed by atoms with Crippen LogP contribution in [0.5, 0.6) is 0 Å². The van der Waals surface area contributed by atoms with Gasteiger partial charge in [-0.1, -0.05) is 24.3 Å². The molecule has 1 N–H and O–H groups in total. The van der Waals surface area contributed by atoms with E-state index in [0.717, 1.165) is 13.1 Å². The van der Waals surface area contributed by atoms with Crippen LogP contribution in [0.25, 0.3) is 0 Å². The molecule has 0 radical (unpaired) electrons. The highest BCUT2D eigenvalue weighted by Gasteiger charge is 2.25. The van der Waals surface area contributed by atoms with Crippen LogP contribution < -0.4 is 5.32 Å². The minimum absolute atomic E-state index is 0.219. The number of aryl methyl sites for hydroxylation is 1. The number of benzene rings is 1. The molecule has 1 unspecified atom stereocenters. The third-order valence-electron chi connectivity index (χ3n) is 4.00. The summed E-state index contributed by atoms with van der Waals surface area (Å²) in [6, 6.07) is 9.46. The van der Waals surface area contributed by atoms with Crippen LogP contribution in [0.4, 0.5) is 0 Å². The van der Waals surface area contributed by atoms with Gasteiger partial charge >= 0.3 is 0 Å². The maximum atomic E-state index is 3.65. The lowest BCUT2D eigenvalue weighted by atomic mass is 10.1. The molecule has 2 heteroatoms. The number of nitrogens with zero attached hydrogens (tertiary/aromatic N) is 1. The lowest BCUT2D eigenvalue weighted by molar-refractivity contribution is 0.225. The van der Waals surface area contributed by atoms with Gasteiger partial charge in [-0.25, -0.2) is 0 Å². The number of hydrogen-bond acceptors (Lipinski definition) is 2. The second-order valence-electron chi connectivity index (χ2n) is 6.82. The Morgan fingerprint density at radius 3 is 2.68 bits per heavy atom. The maximum absolute atomic E-state index is 3.65. The fourth-order valence-electron chi connectivity index (χ4n) is 2.76. The summed E-state index contributed by atoms with van der Waals surface area (Å²) in [5.41, 5.74) is 3.11. The fraction of sp³-hybridized carbons (Fsp3) is 0.647. The Kier molecular flexibility index (Phi) is 4.64. The first-order valence-corrected chi connectivity index (χ1v) is 7.49. The van der Waals surface area contributed by atoms with Crippen molar-refractivity contribution in [1.29, 1.82) is 0 Å². The average molecular weight is 260 g/mol. The molecular formula is C17H28N2. The molecule has 0 aliphatic carbocycles. The molecule has 1 fully saturated rings. The Balaban J connectivity index is 1.94. The van der Waals surface area contributed by atoms with Crippen molar-refractivity contribution in [2.45, 2.75) is 58.7 Å². The first kappa shape index (κ1) is 14.5. The zero-order chi connectivity index (χ0) is 13.9. The van der Waals surface area contributed by atoms with E-state index < -0.39 is 0 Å². The van der Waals surface area contributed by atoms with Crippen LogP contribution in [-0.2, 0) is 6.54 Å². The molecule has 1 aromatic carbocycles. The minimum atomic E-state index is 0.219.